The quantitative estimate of drug-likeness (QED) is 0.385. The average molecular weight is 418 g/mol. The minimum absolute atomic E-state index is 0.128. The van der Waals surface area contributed by atoms with Crippen LogP contribution in [0, 0.1) is 13.8 Å². The summed E-state index contributed by atoms with van der Waals surface area (Å²) >= 11 is 0. The van der Waals surface area contributed by atoms with E-state index in [9.17, 15) is 4.79 Å². The number of rotatable bonds is 8. The van der Waals surface area contributed by atoms with Crippen LogP contribution in [0.5, 0.6) is 5.75 Å². The topological polar surface area (TPSA) is 87.6 Å². The van der Waals surface area contributed by atoms with Crippen LogP contribution in [0.3, 0.4) is 0 Å². The maximum atomic E-state index is 12.1. The first kappa shape index (κ1) is 20.4. The van der Waals surface area contributed by atoms with Gasteiger partial charge in [-0.1, -0.05) is 48.5 Å². The highest BCUT2D eigenvalue weighted by atomic mass is 16.6. The third kappa shape index (κ3) is 5.19. The first-order valence-corrected chi connectivity index (χ1v) is 9.88. The zero-order chi connectivity index (χ0) is 21.6. The summed E-state index contributed by atoms with van der Waals surface area (Å²) in [7, 11) is 0. The second kappa shape index (κ2) is 9.30. The highest BCUT2D eigenvalue weighted by Gasteiger charge is 2.16. The highest BCUT2D eigenvalue weighted by molar-refractivity contribution is 5.71. The van der Waals surface area contributed by atoms with Crippen LogP contribution in [0.15, 0.2) is 69.5 Å². The predicted octanol–water partition coefficient (Wildman–Crippen LogP) is 4.66. The van der Waals surface area contributed by atoms with Gasteiger partial charge in [0, 0.05) is 6.42 Å². The molecular weight excluding hydrogens is 396 g/mol. The van der Waals surface area contributed by atoms with Crippen molar-refractivity contribution in [2.75, 3.05) is 6.61 Å². The minimum atomic E-state index is -0.524. The van der Waals surface area contributed by atoms with Crippen molar-refractivity contribution >= 4 is 5.97 Å². The zero-order valence-corrected chi connectivity index (χ0v) is 17.3. The summed E-state index contributed by atoms with van der Waals surface area (Å²) in [5.41, 5.74) is 2.88. The molecule has 7 nitrogen and oxygen atoms in total. The van der Waals surface area contributed by atoms with Crippen molar-refractivity contribution in [3.8, 4) is 17.2 Å². The van der Waals surface area contributed by atoms with Gasteiger partial charge in [-0.3, -0.25) is 0 Å². The lowest BCUT2D eigenvalue weighted by Crippen LogP contribution is -2.15. The van der Waals surface area contributed by atoms with E-state index in [1.807, 2.05) is 62.4 Å². The molecule has 0 amide bonds. The molecule has 0 unspecified atom stereocenters. The number of furan rings is 1. The maximum Gasteiger partial charge on any atom is 0.344 e. The second-order valence-electron chi connectivity index (χ2n) is 7.05. The van der Waals surface area contributed by atoms with E-state index in [-0.39, 0.29) is 19.1 Å². The Kier molecular flexibility index (Phi) is 6.12. The Hall–Kier alpha value is -3.87. The smallest absolute Gasteiger partial charge is 0.344 e. The molecule has 0 aliphatic heterocycles. The molecule has 31 heavy (non-hydrogen) atoms. The Labute approximate surface area is 179 Å². The summed E-state index contributed by atoms with van der Waals surface area (Å²) in [6, 6.07) is 19.5. The normalized spacial score (nSPS) is 10.8. The van der Waals surface area contributed by atoms with Crippen LogP contribution in [0.1, 0.15) is 28.5 Å². The standard InChI is InChI=1S/C24H22N2O5/c1-16-12-20(17(2)30-16)24-26-25-22(31-24)14-29-23(27)15-28-21-11-7-6-10-19(21)13-18-8-4-3-5-9-18/h3-12H,13-15H2,1-2H3. The largest absolute Gasteiger partial charge is 0.482 e. The van der Waals surface area contributed by atoms with Gasteiger partial charge >= 0.3 is 5.97 Å². The Balaban J connectivity index is 1.31. The predicted molar refractivity (Wildman–Crippen MR) is 112 cm³/mol. The first-order valence-electron chi connectivity index (χ1n) is 9.88. The minimum Gasteiger partial charge on any atom is -0.482 e. The van der Waals surface area contributed by atoms with Crippen LogP contribution >= 0.6 is 0 Å². The van der Waals surface area contributed by atoms with Crippen LogP contribution in [-0.4, -0.2) is 22.8 Å². The highest BCUT2D eigenvalue weighted by Crippen LogP contribution is 2.25. The van der Waals surface area contributed by atoms with Crippen molar-refractivity contribution in [3.63, 3.8) is 0 Å². The number of aryl methyl sites for hydroxylation is 2. The summed E-state index contributed by atoms with van der Waals surface area (Å²) in [4.78, 5) is 12.1. The molecule has 4 aromatic rings. The molecule has 0 saturated carbocycles. The molecule has 0 radical (unpaired) electrons. The summed E-state index contributed by atoms with van der Waals surface area (Å²) in [5, 5.41) is 7.90. The van der Waals surface area contributed by atoms with Crippen LogP contribution in [0.25, 0.3) is 11.5 Å². The van der Waals surface area contributed by atoms with Gasteiger partial charge in [0.25, 0.3) is 11.8 Å². The van der Waals surface area contributed by atoms with Crippen LogP contribution < -0.4 is 4.74 Å². The number of benzene rings is 2. The molecule has 2 aromatic heterocycles. The molecule has 158 valence electrons. The SMILES string of the molecule is Cc1cc(-c2nnc(COC(=O)COc3ccccc3Cc3ccccc3)o2)c(C)o1. The van der Waals surface area contributed by atoms with Gasteiger partial charge in [0.1, 0.15) is 17.3 Å². The Morgan fingerprint density at radius 2 is 1.74 bits per heavy atom. The fourth-order valence-corrected chi connectivity index (χ4v) is 3.19. The summed E-state index contributed by atoms with van der Waals surface area (Å²) in [6.45, 7) is 3.32. The van der Waals surface area contributed by atoms with Crippen molar-refractivity contribution in [2.45, 2.75) is 26.9 Å². The number of hydrogen-bond donors (Lipinski definition) is 0. The molecule has 0 aliphatic carbocycles. The number of hydrogen-bond acceptors (Lipinski definition) is 7. The lowest BCUT2D eigenvalue weighted by Gasteiger charge is -2.11. The van der Waals surface area contributed by atoms with Gasteiger partial charge in [-0.2, -0.15) is 0 Å². The van der Waals surface area contributed by atoms with E-state index in [0.717, 1.165) is 22.5 Å². The van der Waals surface area contributed by atoms with Gasteiger partial charge < -0.3 is 18.3 Å². The molecule has 4 rings (SSSR count). The summed E-state index contributed by atoms with van der Waals surface area (Å²) in [5.74, 6) is 2.09. The van der Waals surface area contributed by atoms with Crippen molar-refractivity contribution in [2.24, 2.45) is 0 Å². The van der Waals surface area contributed by atoms with E-state index >= 15 is 0 Å². The monoisotopic (exact) mass is 418 g/mol. The van der Waals surface area contributed by atoms with Gasteiger partial charge in [-0.15, -0.1) is 10.2 Å². The van der Waals surface area contributed by atoms with E-state index < -0.39 is 5.97 Å². The lowest BCUT2D eigenvalue weighted by atomic mass is 10.0. The number of aromatic nitrogens is 2. The fourth-order valence-electron chi connectivity index (χ4n) is 3.19. The molecule has 2 heterocycles. The molecule has 0 N–H and O–H groups in total. The van der Waals surface area contributed by atoms with Crippen molar-refractivity contribution in [3.05, 3.63) is 89.2 Å². The third-order valence-electron chi connectivity index (χ3n) is 4.65. The van der Waals surface area contributed by atoms with E-state index in [4.69, 9.17) is 18.3 Å². The fraction of sp³-hybridized carbons (Fsp3) is 0.208. The molecule has 0 bridgehead atoms. The summed E-state index contributed by atoms with van der Waals surface area (Å²) in [6.07, 6.45) is 0.712. The van der Waals surface area contributed by atoms with Gasteiger partial charge in [0.15, 0.2) is 13.2 Å². The first-order chi connectivity index (χ1) is 15.1. The molecular formula is C24H22N2O5. The Morgan fingerprint density at radius 1 is 0.968 bits per heavy atom. The number of para-hydroxylation sites is 1. The zero-order valence-electron chi connectivity index (χ0n) is 17.3. The van der Waals surface area contributed by atoms with Crippen LogP contribution in [-0.2, 0) is 22.6 Å². The molecule has 0 spiro atoms. The van der Waals surface area contributed by atoms with E-state index in [1.165, 1.54) is 0 Å². The van der Waals surface area contributed by atoms with Gasteiger partial charge in [0.05, 0.1) is 5.56 Å². The molecule has 0 aliphatic rings. The van der Waals surface area contributed by atoms with Gasteiger partial charge in [-0.05, 0) is 37.1 Å². The number of carbonyl (C=O) groups is 1. The van der Waals surface area contributed by atoms with E-state index in [2.05, 4.69) is 22.3 Å². The van der Waals surface area contributed by atoms with Crippen molar-refractivity contribution in [1.82, 2.24) is 10.2 Å². The molecule has 0 atom stereocenters. The van der Waals surface area contributed by atoms with Gasteiger partial charge in [0.2, 0.25) is 0 Å². The Morgan fingerprint density at radius 3 is 2.52 bits per heavy atom. The number of ether oxygens (including phenoxy) is 2. The summed E-state index contributed by atoms with van der Waals surface area (Å²) < 4.78 is 21.9. The molecule has 2 aromatic carbocycles. The molecule has 0 fully saturated rings. The third-order valence-corrected chi connectivity index (χ3v) is 4.65. The lowest BCUT2D eigenvalue weighted by molar-refractivity contribution is -0.148. The molecule has 7 heteroatoms. The number of esters is 1. The Bertz CT molecular complexity index is 1160. The van der Waals surface area contributed by atoms with Crippen molar-refractivity contribution < 1.29 is 23.1 Å². The molecule has 0 saturated heterocycles. The van der Waals surface area contributed by atoms with Crippen molar-refractivity contribution in [1.29, 1.82) is 0 Å². The van der Waals surface area contributed by atoms with Crippen LogP contribution in [0.4, 0.5) is 0 Å². The second-order valence-corrected chi connectivity index (χ2v) is 7.05. The maximum absolute atomic E-state index is 12.1. The van der Waals surface area contributed by atoms with E-state index in [1.54, 1.807) is 0 Å². The van der Waals surface area contributed by atoms with E-state index in [0.29, 0.717) is 23.8 Å². The van der Waals surface area contributed by atoms with Crippen LogP contribution in [0.2, 0.25) is 0 Å². The number of nitrogens with zero attached hydrogens (tertiary/aromatic N) is 2. The number of carbonyl (C=O) groups excluding carboxylic acids is 1. The average Bonchev–Trinajstić information content (AvgIpc) is 3.38. The van der Waals surface area contributed by atoms with Gasteiger partial charge in [-0.25, -0.2) is 4.79 Å².